The van der Waals surface area contributed by atoms with E-state index in [0.717, 1.165) is 44.9 Å². The summed E-state index contributed by atoms with van der Waals surface area (Å²) in [4.78, 5) is 37.7. The molecule has 0 saturated heterocycles. The number of aliphatic hydroxyl groups excluding tert-OH is 1. The lowest BCUT2D eigenvalue weighted by molar-refractivity contribution is -0.194. The predicted molar refractivity (Wildman–Crippen MR) is 123 cm³/mol. The zero-order valence-corrected chi connectivity index (χ0v) is 21.0. The molecule has 33 heavy (non-hydrogen) atoms. The molecule has 10 atom stereocenters. The van der Waals surface area contributed by atoms with Gasteiger partial charge in [-0.25, -0.2) is 0 Å². The van der Waals surface area contributed by atoms with Gasteiger partial charge in [-0.05, 0) is 80.0 Å². The molecular weight excluding hydrogens is 420 g/mol. The van der Waals surface area contributed by atoms with Gasteiger partial charge in [-0.1, -0.05) is 20.8 Å². The van der Waals surface area contributed by atoms with E-state index in [1.54, 1.807) is 0 Å². The summed E-state index contributed by atoms with van der Waals surface area (Å²) in [6.07, 6.45) is 6.37. The second kappa shape index (κ2) is 8.98. The molecule has 6 heteroatoms. The Morgan fingerprint density at radius 2 is 1.88 bits per heavy atom. The van der Waals surface area contributed by atoms with Gasteiger partial charge < -0.3 is 14.6 Å². The quantitative estimate of drug-likeness (QED) is 0.612. The summed E-state index contributed by atoms with van der Waals surface area (Å²) in [5.41, 5.74) is -0.432. The molecule has 0 aromatic carbocycles. The fraction of sp³-hybridized carbons (Fsp3) is 0.889. The Morgan fingerprint density at radius 3 is 2.55 bits per heavy atom. The Labute approximate surface area is 198 Å². The summed E-state index contributed by atoms with van der Waals surface area (Å²) in [5.74, 6) is 1.25. The summed E-state index contributed by atoms with van der Waals surface area (Å²) < 4.78 is 10.8. The van der Waals surface area contributed by atoms with Crippen molar-refractivity contribution < 1.29 is 29.0 Å². The Kier molecular flexibility index (Phi) is 6.71. The van der Waals surface area contributed by atoms with Crippen LogP contribution in [-0.2, 0) is 23.9 Å². The van der Waals surface area contributed by atoms with Crippen LogP contribution < -0.4 is 0 Å². The summed E-state index contributed by atoms with van der Waals surface area (Å²) in [6.45, 7) is 8.14. The van der Waals surface area contributed by atoms with E-state index < -0.39 is 5.41 Å². The molecule has 0 spiro atoms. The van der Waals surface area contributed by atoms with E-state index in [-0.39, 0.29) is 65.1 Å². The highest BCUT2D eigenvalue weighted by atomic mass is 16.5. The molecule has 4 rings (SSSR count). The number of carbonyl (C=O) groups is 3. The lowest BCUT2D eigenvalue weighted by Gasteiger charge is -2.62. The van der Waals surface area contributed by atoms with E-state index in [9.17, 15) is 19.5 Å². The summed E-state index contributed by atoms with van der Waals surface area (Å²) in [5, 5.41) is 10.4. The van der Waals surface area contributed by atoms with Gasteiger partial charge in [-0.2, -0.15) is 0 Å². The van der Waals surface area contributed by atoms with Crippen LogP contribution in [0.15, 0.2) is 0 Å². The van der Waals surface area contributed by atoms with Gasteiger partial charge in [0.05, 0.1) is 13.2 Å². The molecule has 4 aliphatic rings. The number of hydrogen-bond donors (Lipinski definition) is 1. The second-order valence-electron chi connectivity index (χ2n) is 12.0. The van der Waals surface area contributed by atoms with Crippen molar-refractivity contribution in [1.82, 2.24) is 0 Å². The lowest BCUT2D eigenvalue weighted by atomic mass is 9.43. The first-order chi connectivity index (χ1) is 15.5. The third-order valence-corrected chi connectivity index (χ3v) is 10.6. The van der Waals surface area contributed by atoms with E-state index in [0.29, 0.717) is 18.6 Å². The van der Waals surface area contributed by atoms with Crippen molar-refractivity contribution >= 4 is 17.7 Å². The van der Waals surface area contributed by atoms with Gasteiger partial charge in [0.1, 0.15) is 11.9 Å². The zero-order chi connectivity index (χ0) is 24.1. The normalized spacial score (nSPS) is 45.4. The average Bonchev–Trinajstić information content (AvgIpc) is 3.11. The van der Waals surface area contributed by atoms with Crippen LogP contribution in [0.4, 0.5) is 0 Å². The maximum atomic E-state index is 13.9. The maximum Gasteiger partial charge on any atom is 0.305 e. The van der Waals surface area contributed by atoms with Crippen LogP contribution in [0.2, 0.25) is 0 Å². The summed E-state index contributed by atoms with van der Waals surface area (Å²) in [7, 11) is 1.42. The SMILES string of the molecule is COC(=O)CC[C@@H](C)[C@@H]1CC[C@@H]2[C@@H]3[C@@H](CC(=O)[C@]21C)[C@@]1(C)CC[C@H](O)C[C@@H]1C[C@H]3OC(C)=O. The van der Waals surface area contributed by atoms with Crippen molar-refractivity contribution in [2.24, 2.45) is 46.3 Å². The van der Waals surface area contributed by atoms with Gasteiger partial charge in [-0.15, -0.1) is 0 Å². The average molecular weight is 463 g/mol. The molecule has 0 bridgehead atoms. The van der Waals surface area contributed by atoms with Crippen LogP contribution >= 0.6 is 0 Å². The monoisotopic (exact) mass is 462 g/mol. The number of esters is 2. The maximum absolute atomic E-state index is 13.9. The first-order valence-corrected chi connectivity index (χ1v) is 13.0. The van der Waals surface area contributed by atoms with Crippen molar-refractivity contribution in [2.75, 3.05) is 7.11 Å². The van der Waals surface area contributed by atoms with E-state index in [2.05, 4.69) is 20.8 Å². The number of fused-ring (bicyclic) bond motifs is 5. The van der Waals surface area contributed by atoms with E-state index >= 15 is 0 Å². The molecule has 4 aliphatic carbocycles. The van der Waals surface area contributed by atoms with Gasteiger partial charge in [0.2, 0.25) is 0 Å². The molecule has 0 amide bonds. The second-order valence-corrected chi connectivity index (χ2v) is 12.0. The minimum atomic E-state index is -0.438. The topological polar surface area (TPSA) is 89.9 Å². The van der Waals surface area contributed by atoms with Gasteiger partial charge >= 0.3 is 11.9 Å². The largest absolute Gasteiger partial charge is 0.469 e. The molecular formula is C27H42O6. The number of Topliss-reactive ketones (excluding diaryl/α,β-unsaturated/α-hetero) is 1. The van der Waals surface area contributed by atoms with Crippen LogP contribution in [-0.4, -0.2) is 42.1 Å². The summed E-state index contributed by atoms with van der Waals surface area (Å²) in [6, 6.07) is 0. The Bertz CT molecular complexity index is 793. The number of rotatable bonds is 5. The fourth-order valence-corrected chi connectivity index (χ4v) is 8.82. The number of hydrogen-bond acceptors (Lipinski definition) is 6. The first kappa shape index (κ1) is 24.7. The highest BCUT2D eigenvalue weighted by Gasteiger charge is 2.66. The molecule has 1 N–H and O–H groups in total. The standard InChI is InChI=1S/C27H42O6/c1-15(6-9-24(31)32-5)19-7-8-20-25-21(14-23(30)27(19,20)4)26(3)11-10-18(29)12-17(26)13-22(25)33-16(2)28/h15,17-22,25,29H,6-14H2,1-5H3/t15-,17-,18+,19+,20-,21-,22-,25-,26+,27+/m1/s1. The van der Waals surface area contributed by atoms with Gasteiger partial charge in [-0.3, -0.25) is 14.4 Å². The Balaban J connectivity index is 1.65. The molecule has 0 aromatic heterocycles. The minimum Gasteiger partial charge on any atom is -0.469 e. The third-order valence-electron chi connectivity index (χ3n) is 10.6. The molecule has 0 heterocycles. The molecule has 0 radical (unpaired) electrons. The molecule has 4 fully saturated rings. The highest BCUT2D eigenvalue weighted by Crippen LogP contribution is 2.67. The van der Waals surface area contributed by atoms with Crippen molar-refractivity contribution in [2.45, 2.75) is 97.7 Å². The van der Waals surface area contributed by atoms with Gasteiger partial charge in [0, 0.05) is 31.1 Å². The molecule has 0 aliphatic heterocycles. The van der Waals surface area contributed by atoms with Crippen molar-refractivity contribution in [3.05, 3.63) is 0 Å². The third kappa shape index (κ3) is 4.04. The molecule has 0 unspecified atom stereocenters. The van der Waals surface area contributed by atoms with Crippen molar-refractivity contribution in [3.8, 4) is 0 Å². The van der Waals surface area contributed by atoms with Crippen molar-refractivity contribution in [1.29, 1.82) is 0 Å². The highest BCUT2D eigenvalue weighted by molar-refractivity contribution is 5.87. The van der Waals surface area contributed by atoms with Gasteiger partial charge in [0.25, 0.3) is 0 Å². The lowest BCUT2D eigenvalue weighted by Crippen LogP contribution is -2.61. The number of methoxy groups -OCH3 is 1. The van der Waals surface area contributed by atoms with Crippen molar-refractivity contribution in [3.63, 3.8) is 0 Å². The van der Waals surface area contributed by atoms with E-state index in [1.807, 2.05) is 0 Å². The van der Waals surface area contributed by atoms with Crippen LogP contribution in [0.5, 0.6) is 0 Å². The zero-order valence-electron chi connectivity index (χ0n) is 21.0. The van der Waals surface area contributed by atoms with Crippen LogP contribution in [0.3, 0.4) is 0 Å². The van der Waals surface area contributed by atoms with E-state index in [4.69, 9.17) is 9.47 Å². The fourth-order valence-electron chi connectivity index (χ4n) is 8.82. The van der Waals surface area contributed by atoms with Crippen LogP contribution in [0, 0.1) is 46.3 Å². The minimum absolute atomic E-state index is 0.00607. The Morgan fingerprint density at radius 1 is 1.15 bits per heavy atom. The molecule has 0 aromatic rings. The molecule has 186 valence electrons. The first-order valence-electron chi connectivity index (χ1n) is 13.0. The van der Waals surface area contributed by atoms with Crippen LogP contribution in [0.25, 0.3) is 0 Å². The van der Waals surface area contributed by atoms with E-state index in [1.165, 1.54) is 14.0 Å². The number of aliphatic hydroxyl groups is 1. The number of ketones is 1. The summed E-state index contributed by atoms with van der Waals surface area (Å²) >= 11 is 0. The Hall–Kier alpha value is -1.43. The number of carbonyl (C=O) groups excluding carboxylic acids is 3. The smallest absolute Gasteiger partial charge is 0.305 e. The van der Waals surface area contributed by atoms with Gasteiger partial charge in [0.15, 0.2) is 0 Å². The predicted octanol–water partition coefficient (Wildman–Crippen LogP) is 4.32. The molecule has 6 nitrogen and oxygen atoms in total. The van der Waals surface area contributed by atoms with Crippen LogP contribution in [0.1, 0.15) is 85.5 Å². The number of ether oxygens (including phenoxy) is 2. The molecule has 4 saturated carbocycles.